The molecule has 0 aromatic heterocycles. The second-order valence-electron chi connectivity index (χ2n) is 5.06. The van der Waals surface area contributed by atoms with E-state index in [1.807, 2.05) is 20.9 Å². The summed E-state index contributed by atoms with van der Waals surface area (Å²) in [7, 11) is 2.02. The van der Waals surface area contributed by atoms with Crippen LogP contribution in [0.4, 0.5) is 4.79 Å². The Bertz CT molecular complexity index is 271. The maximum Gasteiger partial charge on any atom is 0.414 e. The second-order valence-corrected chi connectivity index (χ2v) is 5.06. The molecule has 17 heavy (non-hydrogen) atoms. The van der Waals surface area contributed by atoms with Crippen molar-refractivity contribution >= 4 is 12.1 Å². The van der Waals surface area contributed by atoms with Crippen molar-refractivity contribution in [3.05, 3.63) is 0 Å². The number of carbonyl (C=O) groups excluding carboxylic acids is 2. The zero-order valence-electron chi connectivity index (χ0n) is 10.9. The van der Waals surface area contributed by atoms with Gasteiger partial charge in [0.25, 0.3) is 0 Å². The molecular weight excluding hydrogens is 220 g/mol. The van der Waals surface area contributed by atoms with Crippen LogP contribution >= 0.6 is 0 Å². The summed E-state index contributed by atoms with van der Waals surface area (Å²) in [6.07, 6.45) is 0.919. The highest BCUT2D eigenvalue weighted by atomic mass is 16.6. The van der Waals surface area contributed by atoms with Gasteiger partial charge in [0.05, 0.1) is 5.92 Å². The third kappa shape index (κ3) is 5.17. The molecule has 0 atom stereocenters. The molecule has 0 spiro atoms. The summed E-state index contributed by atoms with van der Waals surface area (Å²) >= 11 is 0. The van der Waals surface area contributed by atoms with E-state index >= 15 is 0 Å². The minimum absolute atomic E-state index is 0.129. The SMILES string of the molecule is CC(C)CNC(=O)OC(=O)C1CCN(C)CC1. The summed E-state index contributed by atoms with van der Waals surface area (Å²) in [6, 6.07) is 0. The molecule has 1 aliphatic heterocycles. The Morgan fingerprint density at radius 1 is 1.35 bits per heavy atom. The zero-order chi connectivity index (χ0) is 12.8. The van der Waals surface area contributed by atoms with Crippen molar-refractivity contribution in [2.75, 3.05) is 26.7 Å². The van der Waals surface area contributed by atoms with Crippen LogP contribution in [-0.2, 0) is 9.53 Å². The Morgan fingerprint density at radius 2 is 1.94 bits per heavy atom. The molecule has 1 aliphatic rings. The van der Waals surface area contributed by atoms with Gasteiger partial charge in [0.2, 0.25) is 0 Å². The van der Waals surface area contributed by atoms with E-state index in [-0.39, 0.29) is 11.9 Å². The number of likely N-dealkylation sites (tertiary alicyclic amines) is 1. The first kappa shape index (κ1) is 14.0. The van der Waals surface area contributed by atoms with E-state index in [2.05, 4.69) is 10.2 Å². The van der Waals surface area contributed by atoms with E-state index in [9.17, 15) is 9.59 Å². The third-order valence-corrected chi connectivity index (χ3v) is 2.90. The normalized spacial score (nSPS) is 18.1. The molecule has 1 rings (SSSR count). The summed E-state index contributed by atoms with van der Waals surface area (Å²) in [4.78, 5) is 25.1. The highest BCUT2D eigenvalue weighted by molar-refractivity contribution is 5.85. The van der Waals surface area contributed by atoms with Crippen molar-refractivity contribution in [3.8, 4) is 0 Å². The Morgan fingerprint density at radius 3 is 2.47 bits per heavy atom. The van der Waals surface area contributed by atoms with E-state index in [1.54, 1.807) is 0 Å². The van der Waals surface area contributed by atoms with Gasteiger partial charge in [0.1, 0.15) is 0 Å². The lowest BCUT2D eigenvalue weighted by molar-refractivity contribution is -0.143. The fourth-order valence-corrected chi connectivity index (χ4v) is 1.74. The molecule has 1 saturated heterocycles. The lowest BCUT2D eigenvalue weighted by Crippen LogP contribution is -2.37. The van der Waals surface area contributed by atoms with E-state index in [0.717, 1.165) is 25.9 Å². The van der Waals surface area contributed by atoms with Gasteiger partial charge in [-0.25, -0.2) is 4.79 Å². The predicted molar refractivity (Wildman–Crippen MR) is 64.5 cm³/mol. The van der Waals surface area contributed by atoms with Crippen molar-refractivity contribution in [2.24, 2.45) is 11.8 Å². The van der Waals surface area contributed by atoms with Crippen molar-refractivity contribution in [3.63, 3.8) is 0 Å². The molecule has 0 aromatic carbocycles. The van der Waals surface area contributed by atoms with Gasteiger partial charge >= 0.3 is 12.1 Å². The summed E-state index contributed by atoms with van der Waals surface area (Å²) < 4.78 is 4.77. The molecule has 1 heterocycles. The molecule has 0 bridgehead atoms. The smallest absolute Gasteiger partial charge is 0.376 e. The summed E-state index contributed by atoms with van der Waals surface area (Å²) in [6.45, 7) is 6.26. The van der Waals surface area contributed by atoms with Crippen LogP contribution in [0.3, 0.4) is 0 Å². The molecule has 0 aromatic rings. The lowest BCUT2D eigenvalue weighted by Gasteiger charge is -2.27. The standard InChI is InChI=1S/C12H22N2O3/c1-9(2)8-13-12(16)17-11(15)10-4-6-14(3)7-5-10/h9-10H,4-8H2,1-3H3,(H,13,16). The van der Waals surface area contributed by atoms with Crippen LogP contribution in [0.1, 0.15) is 26.7 Å². The summed E-state index contributed by atoms with van der Waals surface area (Å²) in [5, 5.41) is 2.57. The number of alkyl carbamates (subject to hydrolysis) is 1. The number of hydrogen-bond acceptors (Lipinski definition) is 4. The first-order valence-corrected chi connectivity index (χ1v) is 6.17. The minimum atomic E-state index is -0.623. The Labute approximate surface area is 102 Å². The van der Waals surface area contributed by atoms with Crippen LogP contribution in [-0.4, -0.2) is 43.6 Å². The van der Waals surface area contributed by atoms with Crippen LogP contribution in [0.2, 0.25) is 0 Å². The number of hydrogen-bond donors (Lipinski definition) is 1. The fourth-order valence-electron chi connectivity index (χ4n) is 1.74. The van der Waals surface area contributed by atoms with Crippen molar-refractivity contribution in [1.29, 1.82) is 0 Å². The maximum atomic E-state index is 11.7. The predicted octanol–water partition coefficient (Wildman–Crippen LogP) is 1.24. The largest absolute Gasteiger partial charge is 0.414 e. The number of nitrogens with zero attached hydrogens (tertiary/aromatic N) is 1. The van der Waals surface area contributed by atoms with Crippen LogP contribution in [0.25, 0.3) is 0 Å². The van der Waals surface area contributed by atoms with E-state index in [0.29, 0.717) is 12.5 Å². The van der Waals surface area contributed by atoms with Crippen LogP contribution in [0, 0.1) is 11.8 Å². The van der Waals surface area contributed by atoms with E-state index in [1.165, 1.54) is 0 Å². The molecule has 98 valence electrons. The lowest BCUT2D eigenvalue weighted by atomic mass is 9.97. The molecule has 1 N–H and O–H groups in total. The quantitative estimate of drug-likeness (QED) is 0.597. The molecule has 5 heteroatoms. The topological polar surface area (TPSA) is 58.6 Å². The van der Waals surface area contributed by atoms with Gasteiger partial charge in [-0.05, 0) is 38.9 Å². The van der Waals surface area contributed by atoms with E-state index < -0.39 is 6.09 Å². The second kappa shape index (κ2) is 6.59. The first-order chi connectivity index (χ1) is 7.99. The Hall–Kier alpha value is -1.10. The number of rotatable bonds is 3. The van der Waals surface area contributed by atoms with Crippen LogP contribution < -0.4 is 5.32 Å². The molecule has 0 aliphatic carbocycles. The number of carbonyl (C=O) groups is 2. The van der Waals surface area contributed by atoms with Gasteiger partial charge in [0.15, 0.2) is 0 Å². The fraction of sp³-hybridized carbons (Fsp3) is 0.833. The van der Waals surface area contributed by atoms with E-state index in [4.69, 9.17) is 4.74 Å². The Kier molecular flexibility index (Phi) is 5.41. The number of nitrogens with one attached hydrogen (secondary N) is 1. The molecule has 0 saturated carbocycles. The zero-order valence-corrected chi connectivity index (χ0v) is 10.9. The van der Waals surface area contributed by atoms with Crippen molar-refractivity contribution in [1.82, 2.24) is 10.2 Å². The summed E-state index contributed by atoms with van der Waals surface area (Å²) in [5.74, 6) is -0.170. The third-order valence-electron chi connectivity index (χ3n) is 2.90. The Balaban J connectivity index is 2.26. The average Bonchev–Trinajstić information content (AvgIpc) is 2.27. The van der Waals surface area contributed by atoms with Crippen LogP contribution in [0.5, 0.6) is 0 Å². The molecule has 1 fully saturated rings. The molecular formula is C12H22N2O3. The molecule has 0 radical (unpaired) electrons. The highest BCUT2D eigenvalue weighted by Gasteiger charge is 2.26. The molecule has 0 unspecified atom stereocenters. The monoisotopic (exact) mass is 242 g/mol. The van der Waals surface area contributed by atoms with Gasteiger partial charge in [0, 0.05) is 6.54 Å². The van der Waals surface area contributed by atoms with Gasteiger partial charge < -0.3 is 15.0 Å². The van der Waals surface area contributed by atoms with Crippen LogP contribution in [0.15, 0.2) is 0 Å². The number of esters is 1. The number of piperidine rings is 1. The number of amides is 1. The van der Waals surface area contributed by atoms with Crippen molar-refractivity contribution < 1.29 is 14.3 Å². The van der Waals surface area contributed by atoms with Gasteiger partial charge in [-0.3, -0.25) is 4.79 Å². The number of ether oxygens (including phenoxy) is 1. The molecule has 5 nitrogen and oxygen atoms in total. The maximum absolute atomic E-state index is 11.7. The first-order valence-electron chi connectivity index (χ1n) is 6.17. The molecule has 1 amide bonds. The van der Waals surface area contributed by atoms with Gasteiger partial charge in [-0.1, -0.05) is 13.8 Å². The van der Waals surface area contributed by atoms with Gasteiger partial charge in [-0.15, -0.1) is 0 Å². The minimum Gasteiger partial charge on any atom is -0.376 e. The van der Waals surface area contributed by atoms with Crippen molar-refractivity contribution in [2.45, 2.75) is 26.7 Å². The highest BCUT2D eigenvalue weighted by Crippen LogP contribution is 2.17. The summed E-state index contributed by atoms with van der Waals surface area (Å²) in [5.41, 5.74) is 0. The van der Waals surface area contributed by atoms with Gasteiger partial charge in [-0.2, -0.15) is 0 Å². The average molecular weight is 242 g/mol.